The van der Waals surface area contributed by atoms with Gasteiger partial charge in [0.15, 0.2) is 12.2 Å². The second kappa shape index (κ2) is 4.95. The predicted molar refractivity (Wildman–Crippen MR) is 59.8 cm³/mol. The van der Waals surface area contributed by atoms with Crippen LogP contribution in [0.3, 0.4) is 0 Å². The van der Waals surface area contributed by atoms with Crippen molar-refractivity contribution in [1.82, 2.24) is 0 Å². The first-order valence-corrected chi connectivity index (χ1v) is 6.47. The minimum atomic E-state index is -0.737. The van der Waals surface area contributed by atoms with Crippen molar-refractivity contribution in [2.75, 3.05) is 5.75 Å². The Hall–Kier alpha value is -0.910. The molecule has 2 saturated heterocycles. The molecule has 6 heteroatoms. The van der Waals surface area contributed by atoms with E-state index in [0.717, 1.165) is 18.6 Å². The van der Waals surface area contributed by atoms with Gasteiger partial charge in [-0.25, -0.2) is 5.41 Å². The number of fused-ring (bicyclic) bond motifs is 1. The van der Waals surface area contributed by atoms with Crippen molar-refractivity contribution >= 4 is 23.8 Å². The standard InChI is InChI=1S/C10H15NO4S/c11-10-14-6-5-16-7(9(6)15-10)3-1-2-4-8(12)13/h6-7,9,11H,1-5H2,(H,12,13). The molecule has 2 N–H and O–H groups in total. The average molecular weight is 245 g/mol. The number of hydrogen-bond donors (Lipinski definition) is 2. The van der Waals surface area contributed by atoms with Gasteiger partial charge >= 0.3 is 12.1 Å². The van der Waals surface area contributed by atoms with Crippen molar-refractivity contribution in [3.05, 3.63) is 0 Å². The van der Waals surface area contributed by atoms with Gasteiger partial charge in [-0.2, -0.15) is 11.8 Å². The quantitative estimate of drug-likeness (QED) is 0.717. The zero-order valence-electron chi connectivity index (χ0n) is 8.85. The van der Waals surface area contributed by atoms with Crippen LogP contribution in [0.4, 0.5) is 0 Å². The Morgan fingerprint density at radius 1 is 1.50 bits per heavy atom. The van der Waals surface area contributed by atoms with Gasteiger partial charge in [0.25, 0.3) is 0 Å². The lowest BCUT2D eigenvalue weighted by Crippen LogP contribution is -2.26. The molecule has 0 amide bonds. The maximum atomic E-state index is 10.3. The lowest BCUT2D eigenvalue weighted by atomic mass is 10.1. The third-order valence-electron chi connectivity index (χ3n) is 2.84. The third kappa shape index (κ3) is 2.61. The van der Waals surface area contributed by atoms with Crippen LogP contribution in [0.1, 0.15) is 25.7 Å². The predicted octanol–water partition coefficient (Wildman–Crippen LogP) is 1.47. The summed E-state index contributed by atoms with van der Waals surface area (Å²) in [5.74, 6) is 0.135. The molecular weight excluding hydrogens is 230 g/mol. The summed E-state index contributed by atoms with van der Waals surface area (Å²) < 4.78 is 10.5. The summed E-state index contributed by atoms with van der Waals surface area (Å²) in [5.41, 5.74) is 0. The Balaban J connectivity index is 1.70. The van der Waals surface area contributed by atoms with Gasteiger partial charge in [0.05, 0.1) is 0 Å². The van der Waals surface area contributed by atoms with E-state index in [4.69, 9.17) is 20.0 Å². The molecule has 0 radical (unpaired) electrons. The maximum absolute atomic E-state index is 10.3. The SMILES string of the molecule is N=C1OC2CSC(CCCCC(=O)O)C2O1. The summed E-state index contributed by atoms with van der Waals surface area (Å²) in [6.45, 7) is 0. The molecular formula is C10H15NO4S. The highest BCUT2D eigenvalue weighted by atomic mass is 32.2. The molecule has 0 aromatic rings. The molecule has 0 spiro atoms. The van der Waals surface area contributed by atoms with Crippen LogP contribution in [-0.2, 0) is 14.3 Å². The lowest BCUT2D eigenvalue weighted by molar-refractivity contribution is -0.137. The van der Waals surface area contributed by atoms with Gasteiger partial charge in [-0.1, -0.05) is 6.42 Å². The van der Waals surface area contributed by atoms with Crippen LogP contribution >= 0.6 is 11.8 Å². The van der Waals surface area contributed by atoms with Gasteiger partial charge in [0, 0.05) is 17.4 Å². The summed E-state index contributed by atoms with van der Waals surface area (Å²) in [7, 11) is 0. The van der Waals surface area contributed by atoms with Crippen LogP contribution in [0.15, 0.2) is 0 Å². The molecule has 0 bridgehead atoms. The van der Waals surface area contributed by atoms with Gasteiger partial charge in [0.2, 0.25) is 0 Å². The number of nitrogens with one attached hydrogen (secondary N) is 1. The minimum absolute atomic E-state index is 0.00216. The fourth-order valence-corrected chi connectivity index (χ4v) is 3.51. The summed E-state index contributed by atoms with van der Waals surface area (Å²) >= 11 is 1.80. The van der Waals surface area contributed by atoms with E-state index in [1.54, 1.807) is 11.8 Å². The fraction of sp³-hybridized carbons (Fsp3) is 0.800. The van der Waals surface area contributed by atoms with Crippen LogP contribution in [0, 0.1) is 5.41 Å². The molecule has 2 heterocycles. The largest absolute Gasteiger partial charge is 0.481 e. The molecule has 3 unspecified atom stereocenters. The number of carbonyl (C=O) groups is 1. The molecule has 0 aromatic heterocycles. The number of thioether (sulfide) groups is 1. The van der Waals surface area contributed by atoms with E-state index in [9.17, 15) is 4.79 Å². The fourth-order valence-electron chi connectivity index (χ4n) is 2.06. The molecule has 90 valence electrons. The minimum Gasteiger partial charge on any atom is -0.481 e. The Kier molecular flexibility index (Phi) is 3.58. The van der Waals surface area contributed by atoms with Crippen molar-refractivity contribution in [2.45, 2.75) is 43.1 Å². The van der Waals surface area contributed by atoms with Crippen LogP contribution in [0.2, 0.25) is 0 Å². The van der Waals surface area contributed by atoms with Crippen LogP contribution < -0.4 is 0 Å². The van der Waals surface area contributed by atoms with Gasteiger partial charge in [-0.05, 0) is 12.8 Å². The molecule has 0 saturated carbocycles. The zero-order chi connectivity index (χ0) is 11.5. The van der Waals surface area contributed by atoms with E-state index in [2.05, 4.69) is 0 Å². The molecule has 16 heavy (non-hydrogen) atoms. The first-order chi connectivity index (χ1) is 7.66. The second-order valence-electron chi connectivity index (χ2n) is 4.04. The Labute approximate surface area is 98.0 Å². The molecule has 2 fully saturated rings. The van der Waals surface area contributed by atoms with Crippen LogP contribution in [0.25, 0.3) is 0 Å². The number of hydrogen-bond acceptors (Lipinski definition) is 5. The van der Waals surface area contributed by atoms with E-state index in [-0.39, 0.29) is 24.7 Å². The number of aliphatic carboxylic acids is 1. The van der Waals surface area contributed by atoms with Crippen LogP contribution in [0.5, 0.6) is 0 Å². The third-order valence-corrected chi connectivity index (χ3v) is 4.29. The summed E-state index contributed by atoms with van der Waals surface area (Å²) in [6, 6.07) is 0. The van der Waals surface area contributed by atoms with E-state index >= 15 is 0 Å². The molecule has 0 aliphatic carbocycles. The van der Waals surface area contributed by atoms with E-state index in [0.29, 0.717) is 11.7 Å². The molecule has 5 nitrogen and oxygen atoms in total. The maximum Gasteiger partial charge on any atom is 0.381 e. The molecule has 2 rings (SSSR count). The monoisotopic (exact) mass is 245 g/mol. The number of unbranched alkanes of at least 4 members (excludes halogenated alkanes) is 1. The number of carboxylic acids is 1. The zero-order valence-corrected chi connectivity index (χ0v) is 9.66. The average Bonchev–Trinajstić information content (AvgIpc) is 2.72. The van der Waals surface area contributed by atoms with Gasteiger partial charge in [0.1, 0.15) is 0 Å². The summed E-state index contributed by atoms with van der Waals surface area (Å²) in [6.07, 6.45) is 2.75. The number of ether oxygens (including phenoxy) is 2. The van der Waals surface area contributed by atoms with Crippen molar-refractivity contribution < 1.29 is 19.4 Å². The first-order valence-electron chi connectivity index (χ1n) is 5.42. The summed E-state index contributed by atoms with van der Waals surface area (Å²) in [4.78, 5) is 10.3. The molecule has 0 aromatic carbocycles. The Bertz CT molecular complexity index is 297. The summed E-state index contributed by atoms with van der Waals surface area (Å²) in [5, 5.41) is 16.1. The van der Waals surface area contributed by atoms with Crippen molar-refractivity contribution in [2.24, 2.45) is 0 Å². The van der Waals surface area contributed by atoms with E-state index in [1.807, 2.05) is 0 Å². The van der Waals surface area contributed by atoms with Gasteiger partial charge in [-0.3, -0.25) is 4.79 Å². The van der Waals surface area contributed by atoms with Gasteiger partial charge in [-0.15, -0.1) is 0 Å². The lowest BCUT2D eigenvalue weighted by Gasteiger charge is -2.14. The highest BCUT2D eigenvalue weighted by molar-refractivity contribution is 8.00. The second-order valence-corrected chi connectivity index (χ2v) is 5.31. The molecule has 3 atom stereocenters. The topological polar surface area (TPSA) is 79.6 Å². The molecule has 2 aliphatic heterocycles. The smallest absolute Gasteiger partial charge is 0.381 e. The number of carboxylic acid groups (broad SMARTS) is 1. The molecule has 2 aliphatic rings. The van der Waals surface area contributed by atoms with Crippen LogP contribution in [-0.4, -0.2) is 40.4 Å². The van der Waals surface area contributed by atoms with Gasteiger partial charge < -0.3 is 14.6 Å². The normalized spacial score (nSPS) is 32.0. The first kappa shape index (κ1) is 11.6. The Morgan fingerprint density at radius 2 is 2.31 bits per heavy atom. The number of rotatable bonds is 5. The van der Waals surface area contributed by atoms with E-state index in [1.165, 1.54) is 0 Å². The highest BCUT2D eigenvalue weighted by Gasteiger charge is 2.45. The van der Waals surface area contributed by atoms with Crippen molar-refractivity contribution in [1.29, 1.82) is 5.41 Å². The highest BCUT2D eigenvalue weighted by Crippen LogP contribution is 2.38. The van der Waals surface area contributed by atoms with E-state index < -0.39 is 5.97 Å². The van der Waals surface area contributed by atoms with Crippen molar-refractivity contribution in [3.63, 3.8) is 0 Å². The van der Waals surface area contributed by atoms with Crippen molar-refractivity contribution in [3.8, 4) is 0 Å². The Morgan fingerprint density at radius 3 is 3.06 bits per heavy atom.